The van der Waals surface area contributed by atoms with Crippen LogP contribution in [0.4, 0.5) is 10.3 Å². The molecule has 1 aromatic heterocycles. The molecule has 0 fully saturated rings. The molecule has 1 heterocycles. The van der Waals surface area contributed by atoms with E-state index in [1.165, 1.54) is 24.3 Å². The van der Waals surface area contributed by atoms with Crippen molar-refractivity contribution in [3.05, 3.63) is 59.4 Å². The molecular formula is C18H15ClFN3O3. The zero-order valence-corrected chi connectivity index (χ0v) is 14.5. The van der Waals surface area contributed by atoms with Gasteiger partial charge in [0.25, 0.3) is 17.7 Å². The fourth-order valence-corrected chi connectivity index (χ4v) is 2.39. The van der Waals surface area contributed by atoms with Crippen LogP contribution in [0.2, 0.25) is 5.02 Å². The second kappa shape index (κ2) is 7.97. The Balaban J connectivity index is 1.67. The average molecular weight is 376 g/mol. The summed E-state index contributed by atoms with van der Waals surface area (Å²) in [5.74, 6) is -0.173. The first-order valence-corrected chi connectivity index (χ1v) is 8.25. The maximum absolute atomic E-state index is 12.9. The van der Waals surface area contributed by atoms with Crippen molar-refractivity contribution in [3.63, 3.8) is 0 Å². The Morgan fingerprint density at radius 2 is 2.08 bits per heavy atom. The number of anilines is 1. The average Bonchev–Trinajstić information content (AvgIpc) is 3.09. The summed E-state index contributed by atoms with van der Waals surface area (Å²) < 4.78 is 23.7. The quantitative estimate of drug-likeness (QED) is 0.694. The van der Waals surface area contributed by atoms with E-state index in [0.29, 0.717) is 22.8 Å². The van der Waals surface area contributed by atoms with E-state index in [4.69, 9.17) is 20.9 Å². The summed E-state index contributed by atoms with van der Waals surface area (Å²) in [6, 6.07) is 12.3. The zero-order valence-electron chi connectivity index (χ0n) is 13.8. The number of carbonyl (C=O) groups excluding carboxylic acids is 1. The molecule has 26 heavy (non-hydrogen) atoms. The summed E-state index contributed by atoms with van der Waals surface area (Å²) in [5, 5.41) is 6.81. The standard InChI is InChI=1S/C18H15ClFN3O3/c1-2-15(25-14-8-6-13(20)7-9-14)16(24)21-18-22-17(26-23-18)11-4-3-5-12(19)10-11/h3-10,15H,2H2,1H3,(H,21,23,24). The molecule has 1 N–H and O–H groups in total. The molecule has 0 aliphatic rings. The number of hydrogen-bond acceptors (Lipinski definition) is 5. The third-order valence-electron chi connectivity index (χ3n) is 3.49. The molecule has 8 heteroatoms. The summed E-state index contributed by atoms with van der Waals surface area (Å²) in [6.07, 6.45) is -0.379. The number of rotatable bonds is 6. The van der Waals surface area contributed by atoms with Gasteiger partial charge in [0.1, 0.15) is 11.6 Å². The molecule has 0 aliphatic carbocycles. The van der Waals surface area contributed by atoms with Gasteiger partial charge in [-0.3, -0.25) is 10.1 Å². The summed E-state index contributed by atoms with van der Waals surface area (Å²) in [4.78, 5) is 16.5. The summed E-state index contributed by atoms with van der Waals surface area (Å²) in [5.41, 5.74) is 0.639. The minimum atomic E-state index is -0.784. The van der Waals surface area contributed by atoms with E-state index in [0.717, 1.165) is 0 Å². The minimum absolute atomic E-state index is 0.0196. The molecule has 1 amide bonds. The molecule has 2 aromatic carbocycles. The van der Waals surface area contributed by atoms with Crippen LogP contribution in [0.15, 0.2) is 53.1 Å². The maximum atomic E-state index is 12.9. The molecular weight excluding hydrogens is 361 g/mol. The molecule has 1 unspecified atom stereocenters. The largest absolute Gasteiger partial charge is 0.481 e. The first kappa shape index (κ1) is 17.9. The Morgan fingerprint density at radius 3 is 2.77 bits per heavy atom. The smallest absolute Gasteiger partial charge is 0.270 e. The SMILES string of the molecule is CCC(Oc1ccc(F)cc1)C(=O)Nc1noc(-c2cccc(Cl)c2)n1. The maximum Gasteiger partial charge on any atom is 0.270 e. The van der Waals surface area contributed by atoms with Crippen LogP contribution in [0.25, 0.3) is 11.5 Å². The first-order chi connectivity index (χ1) is 12.5. The summed E-state index contributed by atoms with van der Waals surface area (Å²) in [6.45, 7) is 1.79. The Hall–Kier alpha value is -2.93. The second-order valence-corrected chi connectivity index (χ2v) is 5.83. The molecule has 0 saturated heterocycles. The number of amides is 1. The number of nitrogens with zero attached hydrogens (tertiary/aromatic N) is 2. The van der Waals surface area contributed by atoms with E-state index in [-0.39, 0.29) is 17.7 Å². The summed E-state index contributed by atoms with van der Waals surface area (Å²) >= 11 is 5.93. The molecule has 1 atom stereocenters. The molecule has 0 saturated carbocycles. The summed E-state index contributed by atoms with van der Waals surface area (Å²) in [7, 11) is 0. The van der Waals surface area contributed by atoms with Gasteiger partial charge in [-0.05, 0) is 54.0 Å². The lowest BCUT2D eigenvalue weighted by molar-refractivity contribution is -0.122. The monoisotopic (exact) mass is 375 g/mol. The fraction of sp³-hybridized carbons (Fsp3) is 0.167. The predicted molar refractivity (Wildman–Crippen MR) is 94.5 cm³/mol. The van der Waals surface area contributed by atoms with Crippen molar-refractivity contribution < 1.29 is 18.4 Å². The van der Waals surface area contributed by atoms with Gasteiger partial charge in [0.05, 0.1) is 0 Å². The molecule has 3 aromatic rings. The highest BCUT2D eigenvalue weighted by atomic mass is 35.5. The predicted octanol–water partition coefficient (Wildman–Crippen LogP) is 4.33. The number of ether oxygens (including phenoxy) is 1. The zero-order chi connectivity index (χ0) is 18.5. The van der Waals surface area contributed by atoms with Crippen molar-refractivity contribution in [1.29, 1.82) is 0 Å². The highest BCUT2D eigenvalue weighted by Gasteiger charge is 2.21. The van der Waals surface area contributed by atoms with Gasteiger partial charge in [-0.25, -0.2) is 4.39 Å². The Kier molecular flexibility index (Phi) is 5.48. The topological polar surface area (TPSA) is 77.2 Å². The van der Waals surface area contributed by atoms with Crippen molar-refractivity contribution in [2.24, 2.45) is 0 Å². The van der Waals surface area contributed by atoms with Gasteiger partial charge in [-0.15, -0.1) is 0 Å². The lowest BCUT2D eigenvalue weighted by Crippen LogP contribution is -2.32. The number of aromatic nitrogens is 2. The fourth-order valence-electron chi connectivity index (χ4n) is 2.20. The number of nitrogens with one attached hydrogen (secondary N) is 1. The molecule has 134 valence electrons. The number of benzene rings is 2. The number of hydrogen-bond donors (Lipinski definition) is 1. The second-order valence-electron chi connectivity index (χ2n) is 5.39. The molecule has 0 spiro atoms. The van der Waals surface area contributed by atoms with Crippen LogP contribution < -0.4 is 10.1 Å². The highest BCUT2D eigenvalue weighted by Crippen LogP contribution is 2.22. The lowest BCUT2D eigenvalue weighted by atomic mass is 10.2. The van der Waals surface area contributed by atoms with Crippen LogP contribution in [0.1, 0.15) is 13.3 Å². The van der Waals surface area contributed by atoms with Crippen LogP contribution in [-0.4, -0.2) is 22.2 Å². The molecule has 6 nitrogen and oxygen atoms in total. The van der Waals surface area contributed by atoms with Gasteiger partial charge in [-0.2, -0.15) is 4.98 Å². The molecule has 0 aliphatic heterocycles. The third kappa shape index (κ3) is 4.37. The molecule has 0 bridgehead atoms. The van der Waals surface area contributed by atoms with E-state index in [1.807, 2.05) is 0 Å². The van der Waals surface area contributed by atoms with Crippen LogP contribution in [0, 0.1) is 5.82 Å². The third-order valence-corrected chi connectivity index (χ3v) is 3.72. The van der Waals surface area contributed by atoms with Crippen molar-refractivity contribution in [2.45, 2.75) is 19.4 Å². The highest BCUT2D eigenvalue weighted by molar-refractivity contribution is 6.30. The van der Waals surface area contributed by atoms with Gasteiger partial charge in [0.15, 0.2) is 6.10 Å². The Labute approximate surface area is 153 Å². The minimum Gasteiger partial charge on any atom is -0.481 e. The van der Waals surface area contributed by atoms with Crippen molar-refractivity contribution in [1.82, 2.24) is 10.1 Å². The van der Waals surface area contributed by atoms with Gasteiger partial charge in [0.2, 0.25) is 0 Å². The normalized spacial score (nSPS) is 11.8. The van der Waals surface area contributed by atoms with Crippen LogP contribution >= 0.6 is 11.6 Å². The van der Waals surface area contributed by atoms with Crippen LogP contribution in [-0.2, 0) is 4.79 Å². The van der Waals surface area contributed by atoms with Gasteiger partial charge in [0, 0.05) is 10.6 Å². The van der Waals surface area contributed by atoms with E-state index in [9.17, 15) is 9.18 Å². The Bertz CT molecular complexity index is 899. The van der Waals surface area contributed by atoms with E-state index in [1.54, 1.807) is 31.2 Å². The van der Waals surface area contributed by atoms with Crippen molar-refractivity contribution in [2.75, 3.05) is 5.32 Å². The van der Waals surface area contributed by atoms with Crippen molar-refractivity contribution >= 4 is 23.5 Å². The number of halogens is 2. The number of carbonyl (C=O) groups is 1. The lowest BCUT2D eigenvalue weighted by Gasteiger charge is -2.15. The van der Waals surface area contributed by atoms with Crippen molar-refractivity contribution in [3.8, 4) is 17.2 Å². The Morgan fingerprint density at radius 1 is 1.31 bits per heavy atom. The van der Waals surface area contributed by atoms with Gasteiger partial charge < -0.3 is 9.26 Å². The van der Waals surface area contributed by atoms with E-state index >= 15 is 0 Å². The van der Waals surface area contributed by atoms with Gasteiger partial charge >= 0.3 is 0 Å². The van der Waals surface area contributed by atoms with Gasteiger partial charge in [-0.1, -0.05) is 24.6 Å². The first-order valence-electron chi connectivity index (χ1n) is 7.88. The molecule has 3 rings (SSSR count). The van der Waals surface area contributed by atoms with E-state index in [2.05, 4.69) is 15.5 Å². The van der Waals surface area contributed by atoms with E-state index < -0.39 is 12.0 Å². The molecule has 0 radical (unpaired) electrons. The van der Waals surface area contributed by atoms with Crippen LogP contribution in [0.3, 0.4) is 0 Å². The van der Waals surface area contributed by atoms with Crippen LogP contribution in [0.5, 0.6) is 5.75 Å².